The van der Waals surface area contributed by atoms with E-state index in [-0.39, 0.29) is 47.4 Å². The molecule has 2 N–H and O–H groups in total. The highest BCUT2D eigenvalue weighted by Crippen LogP contribution is 2.65. The third-order valence-corrected chi connectivity index (χ3v) is 10.5. The molecule has 3 fully saturated rings. The number of esters is 1. The predicted octanol–water partition coefficient (Wildman–Crippen LogP) is 4.83. The van der Waals surface area contributed by atoms with Gasteiger partial charge in [-0.3, -0.25) is 14.4 Å². The van der Waals surface area contributed by atoms with Gasteiger partial charge in [0.1, 0.15) is 12.1 Å². The van der Waals surface area contributed by atoms with Gasteiger partial charge in [0, 0.05) is 18.3 Å². The molecule has 1 amide bonds. The summed E-state index contributed by atoms with van der Waals surface area (Å²) in [5.74, 6) is -0.0631. The fraction of sp³-hybridized carbons (Fsp3) is 0.793. The van der Waals surface area contributed by atoms with Crippen LogP contribution < -0.4 is 5.32 Å². The second kappa shape index (κ2) is 10.3. The van der Waals surface area contributed by atoms with E-state index in [0.29, 0.717) is 30.6 Å². The number of hydrogen-bond acceptors (Lipinski definition) is 5. The molecule has 0 aromatic rings. The van der Waals surface area contributed by atoms with Crippen molar-refractivity contribution in [2.45, 2.75) is 110 Å². The Labute approximate surface area is 214 Å². The SMILES string of the molecule is CC[C@H](C)[C@H](NC(=O)CCC(=O)O[C@@H]1CC[C@@H]2[C@H]3CCC4=CC(=O)CC[C@]4(C)[C@H]3CC[C@@]21C)C(=O)O. The number of allylic oxidation sites excluding steroid dienone is 1. The fourth-order valence-corrected chi connectivity index (χ4v) is 8.07. The van der Waals surface area contributed by atoms with E-state index in [1.54, 1.807) is 6.92 Å². The maximum atomic E-state index is 12.7. The summed E-state index contributed by atoms with van der Waals surface area (Å²) in [5.41, 5.74) is 1.44. The maximum absolute atomic E-state index is 12.7. The Morgan fingerprint density at radius 1 is 1.08 bits per heavy atom. The van der Waals surface area contributed by atoms with Crippen LogP contribution in [0.4, 0.5) is 0 Å². The van der Waals surface area contributed by atoms with Gasteiger partial charge >= 0.3 is 11.9 Å². The van der Waals surface area contributed by atoms with Gasteiger partial charge in [0.25, 0.3) is 0 Å². The lowest BCUT2D eigenvalue weighted by Crippen LogP contribution is -2.51. The van der Waals surface area contributed by atoms with E-state index in [4.69, 9.17) is 4.74 Å². The number of carboxylic acids is 1. The molecule has 0 unspecified atom stereocenters. The third kappa shape index (κ3) is 4.87. The molecule has 3 saturated carbocycles. The normalized spacial score (nSPS) is 37.0. The molecule has 200 valence electrons. The predicted molar refractivity (Wildman–Crippen MR) is 135 cm³/mol. The van der Waals surface area contributed by atoms with Gasteiger partial charge in [0.2, 0.25) is 5.91 Å². The van der Waals surface area contributed by atoms with Gasteiger partial charge in [-0.2, -0.15) is 0 Å². The Morgan fingerprint density at radius 3 is 2.53 bits per heavy atom. The summed E-state index contributed by atoms with van der Waals surface area (Å²) in [6, 6.07) is -0.946. The second-order valence-corrected chi connectivity index (χ2v) is 12.3. The summed E-state index contributed by atoms with van der Waals surface area (Å²) in [7, 11) is 0. The smallest absolute Gasteiger partial charge is 0.326 e. The number of fused-ring (bicyclic) bond motifs is 5. The molecule has 8 atom stereocenters. The summed E-state index contributed by atoms with van der Waals surface area (Å²) in [5, 5.41) is 11.9. The monoisotopic (exact) mass is 501 g/mol. The molecular formula is C29H43NO6. The molecular weight excluding hydrogens is 458 g/mol. The van der Waals surface area contributed by atoms with Crippen molar-refractivity contribution in [3.8, 4) is 0 Å². The molecule has 0 spiro atoms. The maximum Gasteiger partial charge on any atom is 0.326 e. The van der Waals surface area contributed by atoms with Gasteiger partial charge in [-0.1, -0.05) is 39.7 Å². The second-order valence-electron chi connectivity index (χ2n) is 12.3. The average molecular weight is 502 g/mol. The zero-order valence-corrected chi connectivity index (χ0v) is 22.3. The Balaban J connectivity index is 1.34. The van der Waals surface area contributed by atoms with E-state index in [0.717, 1.165) is 44.9 Å². The zero-order chi connectivity index (χ0) is 26.3. The quantitative estimate of drug-likeness (QED) is 0.461. The van der Waals surface area contributed by atoms with Gasteiger partial charge in [0.05, 0.1) is 6.42 Å². The minimum absolute atomic E-state index is 0.0395. The Hall–Kier alpha value is -2.18. The van der Waals surface area contributed by atoms with E-state index in [2.05, 4.69) is 19.2 Å². The van der Waals surface area contributed by atoms with Gasteiger partial charge in [0.15, 0.2) is 5.78 Å². The molecule has 0 aliphatic heterocycles. The van der Waals surface area contributed by atoms with Crippen molar-refractivity contribution >= 4 is 23.6 Å². The first-order valence-corrected chi connectivity index (χ1v) is 13.9. The number of ether oxygens (including phenoxy) is 1. The van der Waals surface area contributed by atoms with Crippen LogP contribution in [0.3, 0.4) is 0 Å². The highest BCUT2D eigenvalue weighted by atomic mass is 16.5. The van der Waals surface area contributed by atoms with Crippen LogP contribution >= 0.6 is 0 Å². The lowest BCUT2D eigenvalue weighted by Gasteiger charge is -2.57. The minimum Gasteiger partial charge on any atom is -0.480 e. The summed E-state index contributed by atoms with van der Waals surface area (Å²) in [6.45, 7) is 8.33. The molecule has 0 saturated heterocycles. The van der Waals surface area contributed by atoms with Crippen molar-refractivity contribution in [2.24, 2.45) is 34.5 Å². The fourth-order valence-electron chi connectivity index (χ4n) is 8.07. The Morgan fingerprint density at radius 2 is 1.83 bits per heavy atom. The number of aliphatic carboxylic acids is 1. The molecule has 0 aromatic heterocycles. The van der Waals surface area contributed by atoms with E-state index in [1.165, 1.54) is 5.57 Å². The Bertz CT molecular complexity index is 942. The van der Waals surface area contributed by atoms with Gasteiger partial charge in [-0.25, -0.2) is 4.79 Å². The molecule has 4 rings (SSSR count). The highest BCUT2D eigenvalue weighted by molar-refractivity contribution is 5.91. The Kier molecular flexibility index (Phi) is 7.68. The first-order valence-electron chi connectivity index (χ1n) is 13.9. The number of ketones is 1. The van der Waals surface area contributed by atoms with Crippen LogP contribution in [0.15, 0.2) is 11.6 Å². The number of carbonyl (C=O) groups excluding carboxylic acids is 3. The van der Waals surface area contributed by atoms with Crippen LogP contribution in [0.1, 0.15) is 98.3 Å². The standard InChI is InChI=1S/C29H43NO6/c1-5-17(2)26(27(34)35)30-24(32)10-11-25(33)36-23-9-8-21-20-7-6-18-16-19(31)12-14-28(18,3)22(20)13-15-29(21,23)4/h16-17,20-23,26H,5-15H2,1-4H3,(H,30,32)(H,34,35)/t17-,20+,21+,22-,23+,26-,28-,29-/m0/s1. The number of hydrogen-bond donors (Lipinski definition) is 2. The first kappa shape index (κ1) is 26.9. The molecule has 0 aromatic carbocycles. The van der Waals surface area contributed by atoms with E-state index < -0.39 is 17.9 Å². The topological polar surface area (TPSA) is 110 Å². The largest absolute Gasteiger partial charge is 0.480 e. The number of carboxylic acid groups (broad SMARTS) is 1. The lowest BCUT2D eigenvalue weighted by atomic mass is 9.47. The highest BCUT2D eigenvalue weighted by Gasteiger charge is 2.59. The number of amides is 1. The van der Waals surface area contributed by atoms with Gasteiger partial charge < -0.3 is 15.2 Å². The van der Waals surface area contributed by atoms with E-state index in [9.17, 15) is 24.3 Å². The summed E-state index contributed by atoms with van der Waals surface area (Å²) in [4.78, 5) is 48.6. The van der Waals surface area contributed by atoms with Crippen LogP contribution in [0.25, 0.3) is 0 Å². The average Bonchev–Trinajstić information content (AvgIpc) is 3.17. The van der Waals surface area contributed by atoms with Crippen LogP contribution in [0.2, 0.25) is 0 Å². The van der Waals surface area contributed by atoms with Crippen molar-refractivity contribution in [2.75, 3.05) is 0 Å². The van der Waals surface area contributed by atoms with Crippen molar-refractivity contribution in [3.05, 3.63) is 11.6 Å². The summed E-state index contributed by atoms with van der Waals surface area (Å²) < 4.78 is 5.99. The molecule has 0 radical (unpaired) electrons. The molecule has 7 heteroatoms. The molecule has 4 aliphatic rings. The lowest BCUT2D eigenvalue weighted by molar-refractivity contribution is -0.160. The molecule has 0 heterocycles. The molecule has 4 aliphatic carbocycles. The molecule has 36 heavy (non-hydrogen) atoms. The summed E-state index contributed by atoms with van der Waals surface area (Å²) >= 11 is 0. The van der Waals surface area contributed by atoms with Crippen LogP contribution in [-0.2, 0) is 23.9 Å². The van der Waals surface area contributed by atoms with Crippen LogP contribution in [0, 0.1) is 34.5 Å². The van der Waals surface area contributed by atoms with Crippen molar-refractivity contribution < 1.29 is 29.0 Å². The third-order valence-electron chi connectivity index (χ3n) is 10.5. The number of rotatable bonds is 8. The zero-order valence-electron chi connectivity index (χ0n) is 22.3. The van der Waals surface area contributed by atoms with Crippen molar-refractivity contribution in [3.63, 3.8) is 0 Å². The van der Waals surface area contributed by atoms with Crippen LogP contribution in [-0.4, -0.2) is 40.9 Å². The summed E-state index contributed by atoms with van der Waals surface area (Å²) in [6.07, 6.45) is 10.1. The van der Waals surface area contributed by atoms with E-state index in [1.807, 2.05) is 13.0 Å². The van der Waals surface area contributed by atoms with E-state index >= 15 is 0 Å². The number of carbonyl (C=O) groups is 4. The first-order chi connectivity index (χ1) is 17.0. The minimum atomic E-state index is -1.06. The van der Waals surface area contributed by atoms with Gasteiger partial charge in [-0.15, -0.1) is 0 Å². The number of nitrogens with one attached hydrogen (secondary N) is 1. The van der Waals surface area contributed by atoms with Crippen molar-refractivity contribution in [1.82, 2.24) is 5.32 Å². The van der Waals surface area contributed by atoms with Crippen molar-refractivity contribution in [1.29, 1.82) is 0 Å². The molecule has 7 nitrogen and oxygen atoms in total. The molecule has 0 bridgehead atoms. The van der Waals surface area contributed by atoms with Crippen LogP contribution in [0.5, 0.6) is 0 Å². The van der Waals surface area contributed by atoms with Gasteiger partial charge in [-0.05, 0) is 80.1 Å².